The monoisotopic (exact) mass is 292 g/mol. The third-order valence-corrected chi connectivity index (χ3v) is 3.93. The molecule has 118 valence electrons. The molecule has 1 aliphatic carbocycles. The van der Waals surface area contributed by atoms with E-state index in [1.165, 1.54) is 25.7 Å². The molecule has 4 heteroatoms. The molecule has 3 N–H and O–H groups in total. The Morgan fingerprint density at radius 1 is 1.38 bits per heavy atom. The average Bonchev–Trinajstić information content (AvgIpc) is 3.34. The number of benzene rings is 1. The number of unbranched alkanes of at least 4 members (excludes halogenated alkanes) is 1. The molecule has 4 nitrogen and oxygen atoms in total. The van der Waals surface area contributed by atoms with E-state index in [1.54, 1.807) is 0 Å². The minimum atomic E-state index is -0.451. The van der Waals surface area contributed by atoms with Crippen LogP contribution in [0, 0.1) is 0 Å². The molecule has 1 saturated carbocycles. The quantitative estimate of drug-likeness (QED) is 0.694. The van der Waals surface area contributed by atoms with Crippen molar-refractivity contribution in [3.63, 3.8) is 0 Å². The molecular weight excluding hydrogens is 264 g/mol. The Morgan fingerprint density at radius 3 is 2.81 bits per heavy atom. The van der Waals surface area contributed by atoms with E-state index in [1.807, 2.05) is 24.3 Å². The SMILES string of the molecule is CCCCN(CC(O)COc1ccccc1CN)C1CC1. The van der Waals surface area contributed by atoms with Crippen molar-refractivity contribution in [3.05, 3.63) is 29.8 Å². The van der Waals surface area contributed by atoms with E-state index in [4.69, 9.17) is 10.5 Å². The van der Waals surface area contributed by atoms with Crippen molar-refractivity contribution in [2.24, 2.45) is 5.73 Å². The smallest absolute Gasteiger partial charge is 0.123 e. The third-order valence-electron chi connectivity index (χ3n) is 3.93. The van der Waals surface area contributed by atoms with Gasteiger partial charge in [0.15, 0.2) is 0 Å². The predicted molar refractivity (Wildman–Crippen MR) is 85.3 cm³/mol. The first-order chi connectivity index (χ1) is 10.2. The van der Waals surface area contributed by atoms with Crippen LogP contribution in [0.5, 0.6) is 5.75 Å². The molecule has 1 aliphatic rings. The van der Waals surface area contributed by atoms with Crippen LogP contribution in [0.1, 0.15) is 38.2 Å². The van der Waals surface area contributed by atoms with Crippen LogP contribution >= 0.6 is 0 Å². The third kappa shape index (κ3) is 5.30. The Bertz CT molecular complexity index is 421. The zero-order valence-corrected chi connectivity index (χ0v) is 13.0. The molecule has 21 heavy (non-hydrogen) atoms. The lowest BCUT2D eigenvalue weighted by Gasteiger charge is -2.25. The van der Waals surface area contributed by atoms with Gasteiger partial charge in [-0.15, -0.1) is 0 Å². The van der Waals surface area contributed by atoms with Gasteiger partial charge in [-0.25, -0.2) is 0 Å². The van der Waals surface area contributed by atoms with E-state index < -0.39 is 6.10 Å². The molecule has 1 unspecified atom stereocenters. The summed E-state index contributed by atoms with van der Waals surface area (Å²) < 4.78 is 5.74. The van der Waals surface area contributed by atoms with Gasteiger partial charge in [-0.2, -0.15) is 0 Å². The van der Waals surface area contributed by atoms with Gasteiger partial charge in [-0.05, 0) is 31.9 Å². The van der Waals surface area contributed by atoms with E-state index >= 15 is 0 Å². The Hall–Kier alpha value is -1.10. The highest BCUT2D eigenvalue weighted by atomic mass is 16.5. The number of para-hydroxylation sites is 1. The maximum Gasteiger partial charge on any atom is 0.123 e. The number of aliphatic hydroxyl groups excluding tert-OH is 1. The predicted octanol–water partition coefficient (Wildman–Crippen LogP) is 2.15. The van der Waals surface area contributed by atoms with E-state index in [0.29, 0.717) is 25.7 Å². The Morgan fingerprint density at radius 2 is 2.14 bits per heavy atom. The summed E-state index contributed by atoms with van der Waals surface area (Å²) >= 11 is 0. The van der Waals surface area contributed by atoms with E-state index in [-0.39, 0.29) is 0 Å². The number of rotatable bonds is 10. The molecule has 0 amide bonds. The summed E-state index contributed by atoms with van der Waals surface area (Å²) in [5, 5.41) is 10.2. The van der Waals surface area contributed by atoms with E-state index in [0.717, 1.165) is 17.9 Å². The normalized spacial score (nSPS) is 16.2. The minimum absolute atomic E-state index is 0.326. The molecule has 2 rings (SSSR count). The van der Waals surface area contributed by atoms with Gasteiger partial charge in [0, 0.05) is 24.7 Å². The van der Waals surface area contributed by atoms with Crippen LogP contribution in [-0.2, 0) is 6.54 Å². The fourth-order valence-electron chi connectivity index (χ4n) is 2.55. The van der Waals surface area contributed by atoms with Crippen LogP contribution in [0.15, 0.2) is 24.3 Å². The molecule has 0 aromatic heterocycles. The maximum atomic E-state index is 10.2. The fraction of sp³-hybridized carbons (Fsp3) is 0.647. The van der Waals surface area contributed by atoms with Crippen LogP contribution in [-0.4, -0.2) is 41.8 Å². The van der Waals surface area contributed by atoms with Crippen molar-refractivity contribution >= 4 is 0 Å². The number of ether oxygens (including phenoxy) is 1. The van der Waals surface area contributed by atoms with Crippen molar-refractivity contribution < 1.29 is 9.84 Å². The Labute approximate surface area is 127 Å². The van der Waals surface area contributed by atoms with Gasteiger partial charge in [0.2, 0.25) is 0 Å². The van der Waals surface area contributed by atoms with Crippen molar-refractivity contribution in [1.82, 2.24) is 4.90 Å². The first-order valence-electron chi connectivity index (χ1n) is 8.07. The maximum absolute atomic E-state index is 10.2. The summed E-state index contributed by atoms with van der Waals surface area (Å²) in [6, 6.07) is 8.43. The van der Waals surface area contributed by atoms with E-state index in [2.05, 4.69) is 11.8 Å². The lowest BCUT2D eigenvalue weighted by atomic mass is 10.2. The van der Waals surface area contributed by atoms with Gasteiger partial charge < -0.3 is 15.6 Å². The molecule has 1 atom stereocenters. The highest BCUT2D eigenvalue weighted by molar-refractivity contribution is 5.32. The minimum Gasteiger partial charge on any atom is -0.491 e. The average molecular weight is 292 g/mol. The van der Waals surface area contributed by atoms with Crippen LogP contribution in [0.2, 0.25) is 0 Å². The molecule has 0 saturated heterocycles. The first kappa shape index (κ1) is 16.3. The summed E-state index contributed by atoms with van der Waals surface area (Å²) in [7, 11) is 0. The summed E-state index contributed by atoms with van der Waals surface area (Å²) in [5.74, 6) is 0.783. The highest BCUT2D eigenvalue weighted by Crippen LogP contribution is 2.27. The molecule has 1 aromatic rings. The van der Waals surface area contributed by atoms with Gasteiger partial charge >= 0.3 is 0 Å². The zero-order valence-electron chi connectivity index (χ0n) is 13.0. The Balaban J connectivity index is 1.79. The lowest BCUT2D eigenvalue weighted by molar-refractivity contribution is 0.0645. The second kappa shape index (κ2) is 8.37. The van der Waals surface area contributed by atoms with Gasteiger partial charge in [0.25, 0.3) is 0 Å². The lowest BCUT2D eigenvalue weighted by Crippen LogP contribution is -2.37. The molecule has 1 aromatic carbocycles. The van der Waals surface area contributed by atoms with Crippen molar-refractivity contribution in [1.29, 1.82) is 0 Å². The van der Waals surface area contributed by atoms with Gasteiger partial charge in [0.1, 0.15) is 18.5 Å². The van der Waals surface area contributed by atoms with Crippen molar-refractivity contribution in [2.45, 2.75) is 51.3 Å². The molecule has 0 radical (unpaired) electrons. The fourth-order valence-corrected chi connectivity index (χ4v) is 2.55. The van der Waals surface area contributed by atoms with Gasteiger partial charge in [-0.3, -0.25) is 4.90 Å². The second-order valence-corrected chi connectivity index (χ2v) is 5.86. The van der Waals surface area contributed by atoms with Crippen molar-refractivity contribution in [2.75, 3.05) is 19.7 Å². The highest BCUT2D eigenvalue weighted by Gasteiger charge is 2.29. The van der Waals surface area contributed by atoms with E-state index in [9.17, 15) is 5.11 Å². The number of hydrogen-bond donors (Lipinski definition) is 2. The molecule has 0 aliphatic heterocycles. The summed E-state index contributed by atoms with van der Waals surface area (Å²) in [5.41, 5.74) is 6.67. The standard InChI is InChI=1S/C17H28N2O2/c1-2-3-10-19(15-8-9-15)12-16(20)13-21-17-7-5-4-6-14(17)11-18/h4-7,15-16,20H,2-3,8-13,18H2,1H3. The molecule has 0 bridgehead atoms. The van der Waals surface area contributed by atoms with Crippen LogP contribution in [0.25, 0.3) is 0 Å². The zero-order chi connectivity index (χ0) is 15.1. The van der Waals surface area contributed by atoms with Crippen LogP contribution in [0.3, 0.4) is 0 Å². The summed E-state index contributed by atoms with van der Waals surface area (Å²) in [6.45, 7) is 4.77. The molecule has 0 spiro atoms. The number of nitrogens with two attached hydrogens (primary N) is 1. The second-order valence-electron chi connectivity index (χ2n) is 5.86. The topological polar surface area (TPSA) is 58.7 Å². The Kier molecular flexibility index (Phi) is 6.49. The number of aliphatic hydroxyl groups is 1. The number of nitrogens with zero attached hydrogens (tertiary/aromatic N) is 1. The number of hydrogen-bond acceptors (Lipinski definition) is 4. The molecular formula is C17H28N2O2. The summed E-state index contributed by atoms with van der Waals surface area (Å²) in [4.78, 5) is 2.41. The van der Waals surface area contributed by atoms with Crippen LogP contribution in [0.4, 0.5) is 0 Å². The van der Waals surface area contributed by atoms with Crippen molar-refractivity contribution in [3.8, 4) is 5.75 Å². The van der Waals surface area contributed by atoms with Crippen LogP contribution < -0.4 is 10.5 Å². The molecule has 0 heterocycles. The largest absolute Gasteiger partial charge is 0.491 e. The first-order valence-corrected chi connectivity index (χ1v) is 8.07. The van der Waals surface area contributed by atoms with Gasteiger partial charge in [-0.1, -0.05) is 31.5 Å². The summed E-state index contributed by atoms with van der Waals surface area (Å²) in [6.07, 6.45) is 4.48. The molecule has 1 fully saturated rings. The van der Waals surface area contributed by atoms with Gasteiger partial charge in [0.05, 0.1) is 0 Å².